The Morgan fingerprint density at radius 2 is 1.62 bits per heavy atom. The molecule has 4 rings (SSSR count). The van der Waals surface area contributed by atoms with E-state index in [-0.39, 0.29) is 21.9 Å². The third-order valence-electron chi connectivity index (χ3n) is 4.93. The molecule has 1 heterocycles. The molecule has 0 unspecified atom stereocenters. The van der Waals surface area contributed by atoms with Crippen LogP contribution in [0.5, 0.6) is 23.0 Å². The lowest BCUT2D eigenvalue weighted by Crippen LogP contribution is -2.20. The maximum Gasteiger partial charge on any atom is 0.453 e. The molecule has 0 radical (unpaired) electrons. The van der Waals surface area contributed by atoms with Crippen LogP contribution in [0.25, 0.3) is 11.0 Å². The predicted molar refractivity (Wildman–Crippen MR) is 131 cm³/mol. The van der Waals surface area contributed by atoms with E-state index in [2.05, 4.69) is 5.32 Å². The molecule has 7 nitrogen and oxygen atoms in total. The minimum absolute atomic E-state index is 0.00288. The number of ether oxygens (including phenoxy) is 3. The average molecular weight is 554 g/mol. The van der Waals surface area contributed by atoms with Gasteiger partial charge in [-0.15, -0.1) is 0 Å². The van der Waals surface area contributed by atoms with Gasteiger partial charge in [0, 0.05) is 11.8 Å². The molecule has 1 N–H and O–H groups in total. The Labute approximate surface area is 217 Å². The van der Waals surface area contributed by atoms with E-state index in [1.165, 1.54) is 61.7 Å². The summed E-state index contributed by atoms with van der Waals surface area (Å²) >= 11 is 11.7. The largest absolute Gasteiger partial charge is 0.497 e. The quantitative estimate of drug-likeness (QED) is 0.267. The third kappa shape index (κ3) is 6.10. The van der Waals surface area contributed by atoms with Crippen molar-refractivity contribution in [2.24, 2.45) is 0 Å². The second kappa shape index (κ2) is 10.6. The second-order valence-corrected chi connectivity index (χ2v) is 8.30. The normalized spacial score (nSPS) is 11.3. The number of anilines is 1. The zero-order valence-electron chi connectivity index (χ0n) is 18.8. The highest BCUT2D eigenvalue weighted by Gasteiger charge is 2.40. The monoisotopic (exact) mass is 553 g/mol. The van der Waals surface area contributed by atoms with Crippen molar-refractivity contribution in [3.63, 3.8) is 0 Å². The van der Waals surface area contributed by atoms with Gasteiger partial charge in [-0.3, -0.25) is 9.59 Å². The Kier molecular flexibility index (Phi) is 7.51. The van der Waals surface area contributed by atoms with Gasteiger partial charge in [-0.05, 0) is 54.6 Å². The van der Waals surface area contributed by atoms with Gasteiger partial charge < -0.3 is 23.9 Å². The molecule has 0 aliphatic rings. The maximum absolute atomic E-state index is 13.8. The number of amides is 1. The first-order chi connectivity index (χ1) is 17.5. The summed E-state index contributed by atoms with van der Waals surface area (Å²) in [5, 5.41) is 2.91. The average Bonchev–Trinajstić information content (AvgIpc) is 2.86. The number of hydrogen-bond acceptors (Lipinski definition) is 6. The SMILES string of the molecule is COc1ccc(Oc2c(C(F)(F)F)oc3cc(OCC(=O)Nc4ccc(Cl)c(Cl)c4)ccc3c2=O)cc1. The molecule has 0 aliphatic carbocycles. The zero-order chi connectivity index (χ0) is 26.7. The lowest BCUT2D eigenvalue weighted by atomic mass is 10.2. The van der Waals surface area contributed by atoms with Crippen LogP contribution in [-0.4, -0.2) is 19.6 Å². The molecule has 0 spiro atoms. The van der Waals surface area contributed by atoms with E-state index in [9.17, 15) is 22.8 Å². The van der Waals surface area contributed by atoms with Crippen LogP contribution >= 0.6 is 23.2 Å². The smallest absolute Gasteiger partial charge is 0.453 e. The molecule has 192 valence electrons. The third-order valence-corrected chi connectivity index (χ3v) is 5.67. The van der Waals surface area contributed by atoms with Gasteiger partial charge in [-0.2, -0.15) is 13.2 Å². The fraction of sp³-hybridized carbons (Fsp3) is 0.120. The number of benzene rings is 3. The van der Waals surface area contributed by atoms with Crippen LogP contribution in [0.1, 0.15) is 5.76 Å². The molecule has 3 aromatic carbocycles. The molecule has 4 aromatic rings. The molecule has 0 fully saturated rings. The van der Waals surface area contributed by atoms with Crippen molar-refractivity contribution in [2.75, 3.05) is 19.0 Å². The summed E-state index contributed by atoms with van der Waals surface area (Å²) in [5.74, 6) is -2.77. The van der Waals surface area contributed by atoms with E-state index >= 15 is 0 Å². The van der Waals surface area contributed by atoms with Crippen molar-refractivity contribution < 1.29 is 36.6 Å². The molecule has 1 amide bonds. The maximum atomic E-state index is 13.8. The summed E-state index contributed by atoms with van der Waals surface area (Å²) < 4.78 is 61.9. The van der Waals surface area contributed by atoms with Gasteiger partial charge in [0.1, 0.15) is 22.8 Å². The number of carbonyl (C=O) groups excluding carboxylic acids is 1. The molecule has 0 saturated carbocycles. The number of nitrogens with one attached hydrogen (secondary N) is 1. The van der Waals surface area contributed by atoms with Crippen molar-refractivity contribution in [1.82, 2.24) is 0 Å². The molecule has 0 bridgehead atoms. The first-order valence-corrected chi connectivity index (χ1v) is 11.2. The lowest BCUT2D eigenvalue weighted by Gasteiger charge is -2.14. The van der Waals surface area contributed by atoms with Gasteiger partial charge in [-0.25, -0.2) is 0 Å². The summed E-state index contributed by atoms with van der Waals surface area (Å²) in [6, 6.07) is 13.7. The number of carbonyl (C=O) groups is 1. The fourth-order valence-corrected chi connectivity index (χ4v) is 3.51. The Balaban J connectivity index is 1.58. The number of halogens is 5. The van der Waals surface area contributed by atoms with Crippen molar-refractivity contribution >= 4 is 45.8 Å². The van der Waals surface area contributed by atoms with Crippen molar-refractivity contribution in [3.05, 3.63) is 86.7 Å². The highest BCUT2D eigenvalue weighted by Crippen LogP contribution is 2.39. The number of fused-ring (bicyclic) bond motifs is 1. The Bertz CT molecular complexity index is 1520. The first kappa shape index (κ1) is 26.2. The highest BCUT2D eigenvalue weighted by molar-refractivity contribution is 6.42. The summed E-state index contributed by atoms with van der Waals surface area (Å²) in [5.41, 5.74) is -1.07. The topological polar surface area (TPSA) is 87.0 Å². The van der Waals surface area contributed by atoms with Crippen LogP contribution in [-0.2, 0) is 11.0 Å². The summed E-state index contributed by atoms with van der Waals surface area (Å²) in [6.07, 6.45) is -5.04. The zero-order valence-corrected chi connectivity index (χ0v) is 20.3. The van der Waals surface area contributed by atoms with Crippen molar-refractivity contribution in [3.8, 4) is 23.0 Å². The number of methoxy groups -OCH3 is 1. The minimum atomic E-state index is -5.04. The molecule has 1 aromatic heterocycles. The number of rotatable bonds is 7. The summed E-state index contributed by atoms with van der Waals surface area (Å²) in [4.78, 5) is 25.1. The van der Waals surface area contributed by atoms with Crippen LogP contribution in [0, 0.1) is 0 Å². The Hall–Kier alpha value is -3.89. The molecular formula is C25H16Cl2F3NO6. The second-order valence-electron chi connectivity index (χ2n) is 7.49. The fourth-order valence-electron chi connectivity index (χ4n) is 3.21. The van der Waals surface area contributed by atoms with Gasteiger partial charge in [0.15, 0.2) is 6.61 Å². The van der Waals surface area contributed by atoms with E-state index in [4.69, 9.17) is 41.8 Å². The van der Waals surface area contributed by atoms with Crippen LogP contribution in [0.15, 0.2) is 69.9 Å². The molecule has 0 atom stereocenters. The van der Waals surface area contributed by atoms with Crippen LogP contribution in [0.3, 0.4) is 0 Å². The standard InChI is InChI=1S/C25H16Cl2F3NO6/c1-34-14-3-5-15(6-4-14)36-23-22(33)17-8-7-16(11-20(17)37-24(23)25(28,29)30)35-12-21(32)31-13-2-9-18(26)19(27)10-13/h2-11H,12H2,1H3,(H,31,32). The molecule has 0 saturated heterocycles. The Morgan fingerprint density at radius 3 is 2.27 bits per heavy atom. The lowest BCUT2D eigenvalue weighted by molar-refractivity contribution is -0.154. The van der Waals surface area contributed by atoms with Crippen LogP contribution < -0.4 is 25.0 Å². The van der Waals surface area contributed by atoms with Gasteiger partial charge in [-0.1, -0.05) is 23.2 Å². The van der Waals surface area contributed by atoms with Crippen molar-refractivity contribution in [1.29, 1.82) is 0 Å². The van der Waals surface area contributed by atoms with E-state index in [1.807, 2.05) is 0 Å². The van der Waals surface area contributed by atoms with Crippen molar-refractivity contribution in [2.45, 2.75) is 6.18 Å². The van der Waals surface area contributed by atoms with Crippen LogP contribution in [0.4, 0.5) is 18.9 Å². The van der Waals surface area contributed by atoms with E-state index in [1.54, 1.807) is 0 Å². The van der Waals surface area contributed by atoms with Gasteiger partial charge in [0.2, 0.25) is 11.2 Å². The first-order valence-electron chi connectivity index (χ1n) is 10.4. The summed E-state index contributed by atoms with van der Waals surface area (Å²) in [6.45, 7) is -0.485. The number of alkyl halides is 3. The van der Waals surface area contributed by atoms with E-state index in [0.717, 1.165) is 6.07 Å². The predicted octanol–water partition coefficient (Wildman–Crippen LogP) is 6.94. The Morgan fingerprint density at radius 1 is 0.946 bits per heavy atom. The number of hydrogen-bond donors (Lipinski definition) is 1. The molecular weight excluding hydrogens is 538 g/mol. The van der Waals surface area contributed by atoms with Crippen LogP contribution in [0.2, 0.25) is 10.0 Å². The van der Waals surface area contributed by atoms with Gasteiger partial charge in [0.25, 0.3) is 11.7 Å². The van der Waals surface area contributed by atoms with Gasteiger partial charge in [0.05, 0.1) is 22.5 Å². The molecule has 0 aliphatic heterocycles. The molecule has 12 heteroatoms. The minimum Gasteiger partial charge on any atom is -0.497 e. The highest BCUT2D eigenvalue weighted by atomic mass is 35.5. The van der Waals surface area contributed by atoms with E-state index in [0.29, 0.717) is 16.5 Å². The molecule has 37 heavy (non-hydrogen) atoms. The van der Waals surface area contributed by atoms with E-state index < -0.39 is 41.2 Å². The van der Waals surface area contributed by atoms with Gasteiger partial charge >= 0.3 is 6.18 Å². The summed E-state index contributed by atoms with van der Waals surface area (Å²) in [7, 11) is 1.43.